The van der Waals surface area contributed by atoms with Crippen LogP contribution in [0.25, 0.3) is 11.1 Å². The zero-order valence-electron chi connectivity index (χ0n) is 16.7. The molecule has 2 aromatic rings. The molecule has 0 spiro atoms. The maximum atomic E-state index is 12.8. The molecule has 0 aliphatic heterocycles. The first-order chi connectivity index (χ1) is 12.4. The third kappa shape index (κ3) is 5.57. The molecule has 0 heterocycles. The van der Waals surface area contributed by atoms with E-state index in [0.29, 0.717) is 27.4 Å². The molecule has 0 saturated carbocycles. The molecule has 27 heavy (non-hydrogen) atoms. The fourth-order valence-electron chi connectivity index (χ4n) is 2.48. The summed E-state index contributed by atoms with van der Waals surface area (Å²) in [6.07, 6.45) is 0. The Bertz CT molecular complexity index is 861. The predicted octanol–water partition coefficient (Wildman–Crippen LogP) is 5.52. The number of amides is 2. The number of nitrogens with one attached hydrogen (secondary N) is 2. The second-order valence-corrected chi connectivity index (χ2v) is 9.08. The molecule has 2 aromatic carbocycles. The lowest BCUT2D eigenvalue weighted by atomic mass is 9.94. The smallest absolute Gasteiger partial charge is 0.252 e. The number of halogens is 1. The lowest BCUT2D eigenvalue weighted by molar-refractivity contribution is -0.123. The lowest BCUT2D eigenvalue weighted by Gasteiger charge is -2.23. The highest BCUT2D eigenvalue weighted by Crippen LogP contribution is 2.34. The van der Waals surface area contributed by atoms with Crippen LogP contribution in [-0.4, -0.2) is 17.4 Å². The van der Waals surface area contributed by atoms with Crippen LogP contribution in [0.4, 0.5) is 5.69 Å². The Hall–Kier alpha value is -2.33. The average molecular weight is 387 g/mol. The first-order valence-electron chi connectivity index (χ1n) is 8.91. The molecule has 0 radical (unpaired) electrons. The summed E-state index contributed by atoms with van der Waals surface area (Å²) >= 11 is 6.22. The highest BCUT2D eigenvalue weighted by molar-refractivity contribution is 6.31. The van der Waals surface area contributed by atoms with Crippen molar-refractivity contribution in [3.8, 4) is 11.1 Å². The van der Waals surface area contributed by atoms with E-state index in [4.69, 9.17) is 11.6 Å². The van der Waals surface area contributed by atoms with Crippen LogP contribution in [0.1, 0.15) is 51.9 Å². The average Bonchev–Trinajstić information content (AvgIpc) is 2.54. The maximum Gasteiger partial charge on any atom is 0.252 e. The van der Waals surface area contributed by atoms with Gasteiger partial charge in [0.15, 0.2) is 0 Å². The van der Waals surface area contributed by atoms with Crippen molar-refractivity contribution in [3.05, 3.63) is 53.1 Å². The summed E-state index contributed by atoms with van der Waals surface area (Å²) in [5.74, 6) is -0.283. The van der Waals surface area contributed by atoms with Gasteiger partial charge in [-0.05, 0) is 50.6 Å². The summed E-state index contributed by atoms with van der Waals surface area (Å²) in [5.41, 5.74) is 1.67. The van der Waals surface area contributed by atoms with E-state index in [2.05, 4.69) is 10.6 Å². The second kappa shape index (κ2) is 7.73. The summed E-state index contributed by atoms with van der Waals surface area (Å²) < 4.78 is 0. The molecule has 5 heteroatoms. The van der Waals surface area contributed by atoms with Gasteiger partial charge < -0.3 is 10.6 Å². The number of hydrogen-bond acceptors (Lipinski definition) is 2. The normalized spacial score (nSPS) is 11.8. The fourth-order valence-corrected chi connectivity index (χ4v) is 2.65. The lowest BCUT2D eigenvalue weighted by Crippen LogP contribution is -2.40. The van der Waals surface area contributed by atoms with Crippen molar-refractivity contribution in [2.45, 2.75) is 47.1 Å². The Labute approximate surface area is 166 Å². The number of hydrogen-bond donors (Lipinski definition) is 2. The fraction of sp³-hybridized carbons (Fsp3) is 0.364. The molecule has 0 bridgehead atoms. The number of carbonyl (C=O) groups excluding carboxylic acids is 2. The van der Waals surface area contributed by atoms with Crippen LogP contribution in [0.2, 0.25) is 5.02 Å². The van der Waals surface area contributed by atoms with Crippen molar-refractivity contribution >= 4 is 29.1 Å². The molecule has 0 fully saturated rings. The van der Waals surface area contributed by atoms with Crippen molar-refractivity contribution in [2.24, 2.45) is 5.41 Å². The van der Waals surface area contributed by atoms with Gasteiger partial charge >= 0.3 is 0 Å². The Kier molecular flexibility index (Phi) is 6.01. The van der Waals surface area contributed by atoms with Crippen LogP contribution in [0.5, 0.6) is 0 Å². The third-order valence-electron chi connectivity index (χ3n) is 3.86. The van der Waals surface area contributed by atoms with E-state index >= 15 is 0 Å². The third-order valence-corrected chi connectivity index (χ3v) is 4.10. The van der Waals surface area contributed by atoms with Gasteiger partial charge in [-0.3, -0.25) is 9.59 Å². The van der Waals surface area contributed by atoms with Crippen molar-refractivity contribution < 1.29 is 9.59 Å². The molecule has 0 unspecified atom stereocenters. The molecule has 0 saturated heterocycles. The zero-order valence-corrected chi connectivity index (χ0v) is 17.5. The van der Waals surface area contributed by atoms with Crippen LogP contribution in [0.15, 0.2) is 42.5 Å². The van der Waals surface area contributed by atoms with Crippen molar-refractivity contribution in [1.82, 2.24) is 5.32 Å². The zero-order chi connectivity index (χ0) is 20.4. The van der Waals surface area contributed by atoms with Crippen molar-refractivity contribution in [2.75, 3.05) is 5.32 Å². The Morgan fingerprint density at radius 3 is 2.11 bits per heavy atom. The van der Waals surface area contributed by atoms with Crippen LogP contribution >= 0.6 is 11.6 Å². The minimum atomic E-state index is -0.542. The molecule has 4 nitrogen and oxygen atoms in total. The van der Waals surface area contributed by atoms with Crippen molar-refractivity contribution in [3.63, 3.8) is 0 Å². The number of rotatable bonds is 3. The molecule has 2 N–H and O–H groups in total. The molecule has 0 atom stereocenters. The van der Waals surface area contributed by atoms with Crippen LogP contribution in [0.3, 0.4) is 0 Å². The Morgan fingerprint density at radius 1 is 0.889 bits per heavy atom. The Balaban J connectivity index is 2.54. The Morgan fingerprint density at radius 2 is 1.52 bits per heavy atom. The number of carbonyl (C=O) groups is 2. The highest BCUT2D eigenvalue weighted by Gasteiger charge is 2.24. The van der Waals surface area contributed by atoms with Crippen LogP contribution < -0.4 is 10.6 Å². The molecule has 2 rings (SSSR count). The van der Waals surface area contributed by atoms with Gasteiger partial charge in [0.25, 0.3) is 5.91 Å². The largest absolute Gasteiger partial charge is 0.347 e. The van der Waals surface area contributed by atoms with Gasteiger partial charge in [-0.15, -0.1) is 0 Å². The van der Waals surface area contributed by atoms with Gasteiger partial charge in [-0.25, -0.2) is 0 Å². The quantitative estimate of drug-likeness (QED) is 0.729. The van der Waals surface area contributed by atoms with Gasteiger partial charge in [-0.1, -0.05) is 50.6 Å². The van der Waals surface area contributed by atoms with E-state index in [-0.39, 0.29) is 17.4 Å². The highest BCUT2D eigenvalue weighted by atomic mass is 35.5. The van der Waals surface area contributed by atoms with Gasteiger partial charge in [0.05, 0.1) is 0 Å². The molecule has 0 aromatic heterocycles. The number of benzene rings is 2. The van der Waals surface area contributed by atoms with Gasteiger partial charge in [0.2, 0.25) is 5.91 Å². The van der Waals surface area contributed by atoms with E-state index in [1.54, 1.807) is 24.3 Å². The molecule has 0 aliphatic rings. The molecule has 144 valence electrons. The molecular formula is C22H27ClN2O2. The van der Waals surface area contributed by atoms with E-state index in [1.165, 1.54) is 0 Å². The summed E-state index contributed by atoms with van der Waals surface area (Å²) in [6.45, 7) is 11.3. The van der Waals surface area contributed by atoms with E-state index in [0.717, 1.165) is 0 Å². The summed E-state index contributed by atoms with van der Waals surface area (Å²) in [4.78, 5) is 25.3. The molecular weight excluding hydrogens is 360 g/mol. The van der Waals surface area contributed by atoms with Crippen LogP contribution in [0, 0.1) is 5.41 Å². The van der Waals surface area contributed by atoms with Crippen molar-refractivity contribution in [1.29, 1.82) is 0 Å². The summed E-state index contributed by atoms with van der Waals surface area (Å²) in [6, 6.07) is 12.6. The van der Waals surface area contributed by atoms with E-state index in [1.807, 2.05) is 59.7 Å². The van der Waals surface area contributed by atoms with Gasteiger partial charge in [-0.2, -0.15) is 0 Å². The van der Waals surface area contributed by atoms with E-state index in [9.17, 15) is 9.59 Å². The summed E-state index contributed by atoms with van der Waals surface area (Å²) in [5, 5.41) is 6.48. The first kappa shape index (κ1) is 21.0. The van der Waals surface area contributed by atoms with Crippen LogP contribution in [-0.2, 0) is 4.79 Å². The van der Waals surface area contributed by atoms with Gasteiger partial charge in [0, 0.05) is 32.8 Å². The first-order valence-corrected chi connectivity index (χ1v) is 9.29. The second-order valence-electron chi connectivity index (χ2n) is 8.64. The van der Waals surface area contributed by atoms with Gasteiger partial charge in [0.1, 0.15) is 0 Å². The summed E-state index contributed by atoms with van der Waals surface area (Å²) in [7, 11) is 0. The standard InChI is InChI=1S/C22H27ClN2O2/c1-21(2,3)20(27)24-18-12-11-14(23)13-17(18)15-9-7-8-10-16(15)19(26)25-22(4,5)6/h7-13H,1-6H3,(H,24,27)(H,25,26). The SMILES string of the molecule is CC(C)(C)NC(=O)c1ccccc1-c1cc(Cl)ccc1NC(=O)C(C)(C)C. The monoisotopic (exact) mass is 386 g/mol. The number of anilines is 1. The topological polar surface area (TPSA) is 58.2 Å². The molecule has 0 aliphatic carbocycles. The predicted molar refractivity (Wildman–Crippen MR) is 112 cm³/mol. The van der Waals surface area contributed by atoms with E-state index < -0.39 is 5.41 Å². The maximum absolute atomic E-state index is 12.8. The minimum absolute atomic E-state index is 0.109. The minimum Gasteiger partial charge on any atom is -0.347 e. The molecule has 2 amide bonds.